The molecule has 0 aliphatic heterocycles. The Morgan fingerprint density at radius 3 is 2.82 bits per heavy atom. The average Bonchev–Trinajstić information content (AvgIpc) is 2.79. The van der Waals surface area contributed by atoms with Gasteiger partial charge < -0.3 is 4.98 Å². The van der Waals surface area contributed by atoms with Crippen molar-refractivity contribution in [2.45, 2.75) is 0 Å². The summed E-state index contributed by atoms with van der Waals surface area (Å²) in [5.41, 5.74) is 2.60. The summed E-state index contributed by atoms with van der Waals surface area (Å²) in [5, 5.41) is 1.14. The van der Waals surface area contributed by atoms with Crippen molar-refractivity contribution in [2.24, 2.45) is 0 Å². The molecule has 2 nitrogen and oxygen atoms in total. The van der Waals surface area contributed by atoms with Crippen LogP contribution in [0.1, 0.15) is 0 Å². The van der Waals surface area contributed by atoms with Crippen LogP contribution in [0.3, 0.4) is 0 Å². The predicted octanol–water partition coefficient (Wildman–Crippen LogP) is 4.02. The molecule has 2 heterocycles. The summed E-state index contributed by atoms with van der Waals surface area (Å²) in [6.45, 7) is 0. The van der Waals surface area contributed by atoms with Crippen molar-refractivity contribution in [1.82, 2.24) is 9.97 Å². The molecule has 0 saturated carbocycles. The molecule has 3 aromatic rings. The molecule has 0 aliphatic carbocycles. The number of hydrogen-bond acceptors (Lipinski definition) is 1. The molecule has 2 aromatic heterocycles. The Hall–Kier alpha value is -1.87. The minimum atomic E-state index is -0.411. The first-order valence-electron chi connectivity index (χ1n) is 5.12. The van der Waals surface area contributed by atoms with E-state index in [1.807, 2.05) is 18.3 Å². The highest BCUT2D eigenvalue weighted by atomic mass is 35.5. The van der Waals surface area contributed by atoms with Gasteiger partial charge in [-0.3, -0.25) is 0 Å². The minimum absolute atomic E-state index is 0.122. The lowest BCUT2D eigenvalue weighted by Crippen LogP contribution is -1.83. The number of hydrogen-bond donors (Lipinski definition) is 1. The lowest BCUT2D eigenvalue weighted by Gasteiger charge is -2.02. The first-order chi connectivity index (χ1) is 8.24. The standard InChI is InChI=1S/C13H8ClFN2/c14-11-6-8(1-2-12(11)15)10-5-9-3-4-16-13(9)17-7-10/h1-7H,(H,16,17). The van der Waals surface area contributed by atoms with Gasteiger partial charge in [0.15, 0.2) is 0 Å². The molecule has 0 aliphatic rings. The largest absolute Gasteiger partial charge is 0.346 e. The molecule has 1 N–H and O–H groups in total. The maximum absolute atomic E-state index is 13.1. The van der Waals surface area contributed by atoms with Crippen molar-refractivity contribution in [3.8, 4) is 11.1 Å². The normalized spacial score (nSPS) is 10.9. The number of nitrogens with zero attached hydrogens (tertiary/aromatic N) is 1. The van der Waals surface area contributed by atoms with Gasteiger partial charge in [-0.05, 0) is 29.8 Å². The third-order valence-corrected chi connectivity index (χ3v) is 2.94. The predicted molar refractivity (Wildman–Crippen MR) is 66.5 cm³/mol. The maximum atomic E-state index is 13.1. The van der Waals surface area contributed by atoms with Gasteiger partial charge in [0.1, 0.15) is 11.5 Å². The van der Waals surface area contributed by atoms with Gasteiger partial charge in [-0.2, -0.15) is 0 Å². The van der Waals surface area contributed by atoms with Gasteiger partial charge in [-0.25, -0.2) is 9.37 Å². The Balaban J connectivity index is 2.16. The average molecular weight is 247 g/mol. The van der Waals surface area contributed by atoms with Crippen LogP contribution in [0, 0.1) is 5.82 Å². The number of pyridine rings is 1. The zero-order chi connectivity index (χ0) is 11.8. The molecule has 0 atom stereocenters. The molecule has 0 radical (unpaired) electrons. The van der Waals surface area contributed by atoms with E-state index in [-0.39, 0.29) is 5.02 Å². The summed E-state index contributed by atoms with van der Waals surface area (Å²) in [4.78, 5) is 7.30. The Morgan fingerprint density at radius 1 is 1.12 bits per heavy atom. The number of H-pyrrole nitrogens is 1. The molecule has 17 heavy (non-hydrogen) atoms. The molecular formula is C13H8ClFN2. The van der Waals surface area contributed by atoms with Crippen molar-refractivity contribution in [2.75, 3.05) is 0 Å². The highest BCUT2D eigenvalue weighted by Gasteiger charge is 2.05. The first-order valence-corrected chi connectivity index (χ1v) is 5.50. The fourth-order valence-corrected chi connectivity index (χ4v) is 1.95. The summed E-state index contributed by atoms with van der Waals surface area (Å²) in [6.07, 6.45) is 3.57. The number of benzene rings is 1. The molecule has 3 rings (SSSR count). The monoisotopic (exact) mass is 246 g/mol. The van der Waals surface area contributed by atoms with Crippen LogP contribution < -0.4 is 0 Å². The second-order valence-electron chi connectivity index (χ2n) is 3.77. The van der Waals surface area contributed by atoms with Crippen LogP contribution in [0.4, 0.5) is 4.39 Å². The summed E-state index contributed by atoms with van der Waals surface area (Å²) < 4.78 is 13.1. The zero-order valence-corrected chi connectivity index (χ0v) is 9.50. The Kier molecular flexibility index (Phi) is 2.34. The van der Waals surface area contributed by atoms with Crippen LogP contribution in [0.5, 0.6) is 0 Å². The highest BCUT2D eigenvalue weighted by molar-refractivity contribution is 6.31. The summed E-state index contributed by atoms with van der Waals surface area (Å²) >= 11 is 5.76. The molecule has 0 fully saturated rings. The second-order valence-corrected chi connectivity index (χ2v) is 4.18. The molecule has 84 valence electrons. The van der Waals surface area contributed by atoms with E-state index < -0.39 is 5.82 Å². The van der Waals surface area contributed by atoms with Crippen LogP contribution in [-0.2, 0) is 0 Å². The summed E-state index contributed by atoms with van der Waals surface area (Å²) in [6, 6.07) is 8.58. The molecule has 1 aromatic carbocycles. The summed E-state index contributed by atoms with van der Waals surface area (Å²) in [5.74, 6) is -0.411. The Bertz CT molecular complexity index is 691. The van der Waals surface area contributed by atoms with Crippen LogP contribution in [-0.4, -0.2) is 9.97 Å². The van der Waals surface area contributed by atoms with E-state index in [0.717, 1.165) is 22.2 Å². The van der Waals surface area contributed by atoms with E-state index in [9.17, 15) is 4.39 Å². The Labute approximate surface area is 102 Å². The zero-order valence-electron chi connectivity index (χ0n) is 8.74. The third-order valence-electron chi connectivity index (χ3n) is 2.65. The maximum Gasteiger partial charge on any atom is 0.141 e. The molecule has 0 bridgehead atoms. The van der Waals surface area contributed by atoms with Gasteiger partial charge >= 0.3 is 0 Å². The smallest absolute Gasteiger partial charge is 0.141 e. The number of rotatable bonds is 1. The quantitative estimate of drug-likeness (QED) is 0.690. The number of nitrogens with one attached hydrogen (secondary N) is 1. The third kappa shape index (κ3) is 1.78. The Morgan fingerprint density at radius 2 is 2.00 bits per heavy atom. The van der Waals surface area contributed by atoms with Gasteiger partial charge in [0, 0.05) is 23.3 Å². The molecular weight excluding hydrogens is 239 g/mol. The highest BCUT2D eigenvalue weighted by Crippen LogP contribution is 2.26. The first kappa shape index (κ1) is 10.3. The van der Waals surface area contributed by atoms with Gasteiger partial charge in [-0.15, -0.1) is 0 Å². The van der Waals surface area contributed by atoms with E-state index in [4.69, 9.17) is 11.6 Å². The van der Waals surface area contributed by atoms with Crippen LogP contribution in [0.2, 0.25) is 5.02 Å². The topological polar surface area (TPSA) is 28.7 Å². The van der Waals surface area contributed by atoms with E-state index in [0.29, 0.717) is 0 Å². The number of halogens is 2. The van der Waals surface area contributed by atoms with E-state index in [2.05, 4.69) is 9.97 Å². The molecule has 0 spiro atoms. The molecule has 0 amide bonds. The van der Waals surface area contributed by atoms with Crippen molar-refractivity contribution in [3.63, 3.8) is 0 Å². The minimum Gasteiger partial charge on any atom is -0.346 e. The van der Waals surface area contributed by atoms with Gasteiger partial charge in [0.2, 0.25) is 0 Å². The van der Waals surface area contributed by atoms with E-state index >= 15 is 0 Å². The van der Waals surface area contributed by atoms with Gasteiger partial charge in [-0.1, -0.05) is 17.7 Å². The fraction of sp³-hybridized carbons (Fsp3) is 0. The molecule has 4 heteroatoms. The van der Waals surface area contributed by atoms with Crippen LogP contribution >= 0.6 is 11.6 Å². The van der Waals surface area contributed by atoms with Crippen LogP contribution in [0.15, 0.2) is 42.7 Å². The summed E-state index contributed by atoms with van der Waals surface area (Å²) in [7, 11) is 0. The number of aromatic amines is 1. The fourth-order valence-electron chi connectivity index (χ4n) is 1.77. The van der Waals surface area contributed by atoms with Crippen molar-refractivity contribution in [1.29, 1.82) is 0 Å². The lowest BCUT2D eigenvalue weighted by atomic mass is 10.1. The van der Waals surface area contributed by atoms with Crippen LogP contribution in [0.25, 0.3) is 22.2 Å². The van der Waals surface area contributed by atoms with E-state index in [1.54, 1.807) is 18.3 Å². The molecule has 0 unspecified atom stereocenters. The number of aromatic nitrogens is 2. The number of fused-ring (bicyclic) bond motifs is 1. The second kappa shape index (κ2) is 3.86. The van der Waals surface area contributed by atoms with Crippen molar-refractivity contribution in [3.05, 3.63) is 53.6 Å². The van der Waals surface area contributed by atoms with Gasteiger partial charge in [0.05, 0.1) is 5.02 Å². The lowest BCUT2D eigenvalue weighted by molar-refractivity contribution is 0.628. The molecule has 0 saturated heterocycles. The van der Waals surface area contributed by atoms with Crippen molar-refractivity contribution < 1.29 is 4.39 Å². The van der Waals surface area contributed by atoms with E-state index in [1.165, 1.54) is 6.07 Å². The van der Waals surface area contributed by atoms with Gasteiger partial charge in [0.25, 0.3) is 0 Å². The van der Waals surface area contributed by atoms with Crippen molar-refractivity contribution >= 4 is 22.6 Å². The SMILES string of the molecule is Fc1ccc(-c2cnc3[nH]ccc3c2)cc1Cl.